The van der Waals surface area contributed by atoms with Crippen LogP contribution in [0.25, 0.3) is 21.8 Å². The first-order chi connectivity index (χ1) is 35.6. The molecule has 0 aliphatic carbocycles. The number of hydrogen-bond donors (Lipinski definition) is 3. The van der Waals surface area contributed by atoms with E-state index in [0.29, 0.717) is 38.3 Å². The minimum Gasteiger partial charge on any atom is -0.550 e. The van der Waals surface area contributed by atoms with E-state index in [1.165, 1.54) is 22.5 Å². The molecule has 10 rings (SSSR count). The summed E-state index contributed by atoms with van der Waals surface area (Å²) in [6.07, 6.45) is 5.53. The third kappa shape index (κ3) is 15.6. The minimum atomic E-state index is -1.01. The van der Waals surface area contributed by atoms with E-state index in [2.05, 4.69) is 92.4 Å². The number of pyridine rings is 2. The summed E-state index contributed by atoms with van der Waals surface area (Å²) in [7, 11) is 0. The first-order valence-electron chi connectivity index (χ1n) is 26.1. The second-order valence-electron chi connectivity index (χ2n) is 19.7. The molecule has 0 radical (unpaired) electrons. The number of hydrogen-bond acceptors (Lipinski definition) is 14. The predicted octanol–water partition coefficient (Wildman–Crippen LogP) is 2.19. The van der Waals surface area contributed by atoms with Crippen LogP contribution in [-0.2, 0) is 9.59 Å². The van der Waals surface area contributed by atoms with Gasteiger partial charge >= 0.3 is 18.9 Å². The quantitative estimate of drug-likeness (QED) is 0.136. The topological polar surface area (TPSA) is 170 Å². The molecule has 3 N–H and O–H groups in total. The summed E-state index contributed by atoms with van der Waals surface area (Å²) in [6.45, 7) is 16.1. The van der Waals surface area contributed by atoms with Crippen molar-refractivity contribution >= 4 is 45.1 Å². The molecule has 16 heteroatoms. The van der Waals surface area contributed by atoms with Gasteiger partial charge in [-0.2, -0.15) is 0 Å². The van der Waals surface area contributed by atoms with Crippen molar-refractivity contribution in [2.75, 3.05) is 115 Å². The number of piperazine rings is 2. The van der Waals surface area contributed by atoms with E-state index in [-0.39, 0.29) is 43.9 Å². The number of aryl methyl sites for hydroxylation is 2. The molecule has 74 heavy (non-hydrogen) atoms. The van der Waals surface area contributed by atoms with Crippen LogP contribution in [0.3, 0.4) is 0 Å². The Morgan fingerprint density at radius 3 is 1.58 bits per heavy atom. The van der Waals surface area contributed by atoms with Crippen LogP contribution < -0.4 is 48.6 Å². The largest absolute Gasteiger partial charge is 1.00 e. The number of aliphatic carboxylic acids is 1. The van der Waals surface area contributed by atoms with Gasteiger partial charge in [0.05, 0.1) is 17.0 Å². The average Bonchev–Trinajstić information content (AvgIpc) is 3.43. The molecule has 1 amide bonds. The number of β-amino-alcohol motifs (C(OH)–C–C–N with tert-alkyl or cyclic N) is 2. The number of amides is 1. The van der Waals surface area contributed by atoms with Gasteiger partial charge < -0.3 is 49.6 Å². The summed E-state index contributed by atoms with van der Waals surface area (Å²) < 4.78 is 11.7. The maximum absolute atomic E-state index is 13.3. The van der Waals surface area contributed by atoms with Crippen LogP contribution >= 0.6 is 0 Å². The molecule has 15 nitrogen and oxygen atoms in total. The number of carbonyl (C=O) groups is 2. The monoisotopic (exact) mass is 1000 g/mol. The number of benzene rings is 4. The number of fused-ring (bicyclic) bond motifs is 2. The number of ether oxygens (including phenoxy) is 2. The van der Waals surface area contributed by atoms with Crippen LogP contribution in [0.5, 0.6) is 11.5 Å². The fourth-order valence-corrected chi connectivity index (χ4v) is 10.5. The van der Waals surface area contributed by atoms with Crippen molar-refractivity contribution in [3.8, 4) is 11.5 Å². The van der Waals surface area contributed by atoms with Gasteiger partial charge in [0.25, 0.3) is 0 Å². The fourth-order valence-electron chi connectivity index (χ4n) is 10.5. The molecule has 6 heterocycles. The van der Waals surface area contributed by atoms with E-state index in [1.807, 2.05) is 70.5 Å². The standard InChI is InChI=1S/C29H36N4O3.C18H22N2O4.C11H16N2.Li/c1-22-7-2-3-11-27(22)32-15-17-33(18-16-32)29(35)23-8-6-14-31(19-23)20-24(34)21-36-28-12-4-10-26-25(28)9-5-13-30-26;21-14(11-20-9-3-4-13(10-20)18(22)23)12-24-17-7-1-6-16-15(17)5-2-8-19-16;1-10-4-2-3-5-11(10)13-8-6-12-7-9-13;/h2-5,7,9-13,23-24,34H,6,8,14-21H2,1H3;1-2,5-8,13-14,21H,3-4,9-12H2,(H,22,23);2-5,12H,6-9H2,1H3;/q;;;+1/p-1/t23?,24-;13?,14-;;/m11../s1. The molecule has 0 spiro atoms. The Hall–Kier alpha value is -5.76. The third-order valence-corrected chi connectivity index (χ3v) is 14.3. The SMILES string of the molecule is Cc1ccccc1N1CCN(C(=O)C2CCCN(C[C@@H](O)COc3cccc4ncccc34)C2)CC1.Cc1ccccc1N1CCNCC1.O=C([O-])C1CCCN(C[C@@H](O)COc2cccc3ncccc23)C1.[Li+]. The Morgan fingerprint density at radius 2 is 1.08 bits per heavy atom. The first-order valence-corrected chi connectivity index (χ1v) is 26.1. The molecule has 2 unspecified atom stereocenters. The molecule has 2 aromatic heterocycles. The Bertz CT molecular complexity index is 2690. The van der Waals surface area contributed by atoms with Gasteiger partial charge in [-0.3, -0.25) is 24.6 Å². The molecular weight excluding hydrogens is 928 g/mol. The molecule has 0 saturated carbocycles. The van der Waals surface area contributed by atoms with Crippen molar-refractivity contribution in [3.63, 3.8) is 0 Å². The molecule has 4 fully saturated rings. The number of aliphatic hydroxyl groups is 2. The van der Waals surface area contributed by atoms with Crippen molar-refractivity contribution in [1.82, 2.24) is 30.0 Å². The zero-order valence-corrected chi connectivity index (χ0v) is 43.6. The number of likely N-dealkylation sites (tertiary alicyclic amines) is 2. The molecule has 4 aliphatic rings. The van der Waals surface area contributed by atoms with Crippen molar-refractivity contribution in [3.05, 3.63) is 133 Å². The Labute approximate surface area is 448 Å². The van der Waals surface area contributed by atoms with Gasteiger partial charge in [0.1, 0.15) is 36.9 Å². The molecule has 388 valence electrons. The van der Waals surface area contributed by atoms with E-state index in [4.69, 9.17) is 9.47 Å². The molecule has 6 aromatic rings. The number of carboxylic acids is 1. The predicted molar refractivity (Wildman–Crippen MR) is 286 cm³/mol. The number of carboxylic acid groups (broad SMARTS) is 1. The van der Waals surface area contributed by atoms with Crippen LogP contribution in [-0.4, -0.2) is 164 Å². The van der Waals surface area contributed by atoms with E-state index < -0.39 is 24.1 Å². The van der Waals surface area contributed by atoms with Gasteiger partial charge in [-0.05, 0) is 124 Å². The third-order valence-electron chi connectivity index (χ3n) is 14.3. The molecule has 0 bridgehead atoms. The van der Waals surface area contributed by atoms with Gasteiger partial charge in [-0.1, -0.05) is 48.5 Å². The maximum atomic E-state index is 13.3. The summed E-state index contributed by atoms with van der Waals surface area (Å²) in [5, 5.41) is 37.1. The van der Waals surface area contributed by atoms with E-state index in [9.17, 15) is 24.9 Å². The number of nitrogens with zero attached hydrogens (tertiary/aromatic N) is 7. The van der Waals surface area contributed by atoms with Crippen LogP contribution in [0, 0.1) is 25.7 Å². The summed E-state index contributed by atoms with van der Waals surface area (Å²) in [5.74, 6) is 0.228. The van der Waals surface area contributed by atoms with Gasteiger partial charge in [0.15, 0.2) is 0 Å². The van der Waals surface area contributed by atoms with Gasteiger partial charge in [-0.15, -0.1) is 0 Å². The number of aliphatic hydroxyl groups excluding tert-OH is 2. The van der Waals surface area contributed by atoms with Crippen molar-refractivity contribution in [2.24, 2.45) is 11.8 Å². The van der Waals surface area contributed by atoms with E-state index in [0.717, 1.165) is 112 Å². The van der Waals surface area contributed by atoms with Crippen LogP contribution in [0.4, 0.5) is 11.4 Å². The fraction of sp³-hybridized carbons (Fsp3) is 0.448. The molecule has 4 saturated heterocycles. The first kappa shape index (κ1) is 56.0. The second-order valence-corrected chi connectivity index (χ2v) is 19.7. The van der Waals surface area contributed by atoms with Crippen molar-refractivity contribution in [1.29, 1.82) is 0 Å². The van der Waals surface area contributed by atoms with Gasteiger partial charge in [-0.25, -0.2) is 0 Å². The number of carbonyl (C=O) groups excluding carboxylic acids is 2. The normalized spacial score (nSPS) is 19.2. The molecule has 4 aromatic carbocycles. The summed E-state index contributed by atoms with van der Waals surface area (Å²) in [5.41, 5.74) is 7.04. The number of rotatable bonds is 14. The van der Waals surface area contributed by atoms with Crippen LogP contribution in [0.2, 0.25) is 0 Å². The Kier molecular flexibility index (Phi) is 21.3. The van der Waals surface area contributed by atoms with E-state index >= 15 is 0 Å². The zero-order valence-electron chi connectivity index (χ0n) is 43.6. The number of aromatic nitrogens is 2. The maximum Gasteiger partial charge on any atom is 1.00 e. The molecule has 4 aliphatic heterocycles. The van der Waals surface area contributed by atoms with Crippen molar-refractivity contribution < 1.29 is 53.2 Å². The number of piperidine rings is 2. The zero-order chi connectivity index (χ0) is 50.9. The number of nitrogens with one attached hydrogen (secondary N) is 1. The molecule has 4 atom stereocenters. The summed E-state index contributed by atoms with van der Waals surface area (Å²) in [6, 6.07) is 36.1. The van der Waals surface area contributed by atoms with E-state index in [1.54, 1.807) is 12.4 Å². The number of anilines is 2. The Morgan fingerprint density at radius 1 is 0.608 bits per heavy atom. The van der Waals surface area contributed by atoms with Crippen LogP contribution in [0.1, 0.15) is 36.8 Å². The summed E-state index contributed by atoms with van der Waals surface area (Å²) in [4.78, 5) is 44.0. The van der Waals surface area contributed by atoms with Crippen LogP contribution in [0.15, 0.2) is 122 Å². The Balaban J connectivity index is 0.000000180. The minimum absolute atomic E-state index is 0. The molecular formula is C58H73LiN8O7. The van der Waals surface area contributed by atoms with Crippen molar-refractivity contribution in [2.45, 2.75) is 51.7 Å². The average molecular weight is 1000 g/mol. The smallest absolute Gasteiger partial charge is 0.550 e. The number of para-hydroxylation sites is 2. The second kappa shape index (κ2) is 28.2. The van der Waals surface area contributed by atoms with Gasteiger partial charge in [0.2, 0.25) is 5.91 Å². The van der Waals surface area contributed by atoms with Gasteiger partial charge in [0, 0.05) is 125 Å². The summed E-state index contributed by atoms with van der Waals surface area (Å²) >= 11 is 0.